The largest absolute Gasteiger partial charge is 0.497 e. The molecule has 0 radical (unpaired) electrons. The molecule has 1 heterocycles. The molecule has 5 nitrogen and oxygen atoms in total. The SMILES string of the molecule is CN/C(=C\c1ccncc1)CC(O)(CC(C)(C)c1cc(OC)ccc1OC)C(F)(F)F. The van der Waals surface area contributed by atoms with Gasteiger partial charge in [0.05, 0.1) is 14.2 Å². The summed E-state index contributed by atoms with van der Waals surface area (Å²) in [7, 11) is 4.46. The van der Waals surface area contributed by atoms with Gasteiger partial charge in [-0.2, -0.15) is 13.2 Å². The molecule has 0 aliphatic rings. The minimum atomic E-state index is -4.86. The van der Waals surface area contributed by atoms with Crippen molar-refractivity contribution in [2.24, 2.45) is 0 Å². The first kappa shape index (κ1) is 24.5. The highest BCUT2D eigenvalue weighted by Gasteiger charge is 2.56. The van der Waals surface area contributed by atoms with Crippen LogP contribution in [-0.2, 0) is 5.41 Å². The molecule has 8 heteroatoms. The predicted molar refractivity (Wildman–Crippen MR) is 114 cm³/mol. The van der Waals surface area contributed by atoms with Gasteiger partial charge in [-0.25, -0.2) is 0 Å². The maximum atomic E-state index is 14.1. The van der Waals surface area contributed by atoms with Crippen LogP contribution < -0.4 is 14.8 Å². The molecule has 2 N–H and O–H groups in total. The van der Waals surface area contributed by atoms with E-state index < -0.39 is 30.0 Å². The van der Waals surface area contributed by atoms with Crippen LogP contribution in [0.4, 0.5) is 13.2 Å². The van der Waals surface area contributed by atoms with E-state index in [0.29, 0.717) is 22.6 Å². The lowest BCUT2D eigenvalue weighted by Gasteiger charge is -2.39. The second-order valence-electron chi connectivity index (χ2n) is 8.03. The highest BCUT2D eigenvalue weighted by Crippen LogP contribution is 2.46. The molecule has 2 aromatic rings. The van der Waals surface area contributed by atoms with Gasteiger partial charge in [0.15, 0.2) is 5.60 Å². The van der Waals surface area contributed by atoms with Gasteiger partial charge in [0.25, 0.3) is 0 Å². The van der Waals surface area contributed by atoms with E-state index in [-0.39, 0.29) is 5.70 Å². The molecule has 1 aromatic heterocycles. The van der Waals surface area contributed by atoms with Crippen LogP contribution in [0.5, 0.6) is 11.5 Å². The monoisotopic (exact) mass is 438 g/mol. The minimum absolute atomic E-state index is 0.249. The summed E-state index contributed by atoms with van der Waals surface area (Å²) in [4.78, 5) is 3.90. The zero-order chi connectivity index (χ0) is 23.3. The fourth-order valence-corrected chi connectivity index (χ4v) is 3.62. The molecule has 0 bridgehead atoms. The van der Waals surface area contributed by atoms with E-state index in [1.165, 1.54) is 21.3 Å². The highest BCUT2D eigenvalue weighted by atomic mass is 19.4. The summed E-state index contributed by atoms with van der Waals surface area (Å²) >= 11 is 0. The van der Waals surface area contributed by atoms with E-state index in [1.807, 2.05) is 0 Å². The Balaban J connectivity index is 2.45. The second-order valence-corrected chi connectivity index (χ2v) is 8.03. The van der Waals surface area contributed by atoms with Crippen LogP contribution in [0.25, 0.3) is 6.08 Å². The number of ether oxygens (including phenoxy) is 2. The zero-order valence-electron chi connectivity index (χ0n) is 18.4. The van der Waals surface area contributed by atoms with E-state index >= 15 is 0 Å². The Kier molecular flexibility index (Phi) is 7.59. The third-order valence-corrected chi connectivity index (χ3v) is 5.25. The van der Waals surface area contributed by atoms with Crippen molar-refractivity contribution in [1.29, 1.82) is 0 Å². The van der Waals surface area contributed by atoms with Crippen LogP contribution in [0.15, 0.2) is 48.4 Å². The Bertz CT molecular complexity index is 899. The number of alkyl halides is 3. The van der Waals surface area contributed by atoms with Crippen LogP contribution in [0.3, 0.4) is 0 Å². The molecule has 0 aliphatic heterocycles. The van der Waals surface area contributed by atoms with E-state index in [4.69, 9.17) is 9.47 Å². The number of benzene rings is 1. The van der Waals surface area contributed by atoms with Crippen LogP contribution in [0, 0.1) is 0 Å². The lowest BCUT2D eigenvalue weighted by Crippen LogP contribution is -2.50. The summed E-state index contributed by atoms with van der Waals surface area (Å²) in [5.74, 6) is 0.921. The number of nitrogens with zero attached hydrogens (tertiary/aromatic N) is 1. The van der Waals surface area contributed by atoms with Crippen molar-refractivity contribution in [3.05, 3.63) is 59.5 Å². The van der Waals surface area contributed by atoms with Crippen molar-refractivity contribution in [1.82, 2.24) is 10.3 Å². The quantitative estimate of drug-likeness (QED) is 0.594. The average molecular weight is 438 g/mol. The third kappa shape index (κ3) is 5.91. The third-order valence-electron chi connectivity index (χ3n) is 5.25. The summed E-state index contributed by atoms with van der Waals surface area (Å²) in [6, 6.07) is 8.31. The average Bonchev–Trinajstić information content (AvgIpc) is 2.72. The van der Waals surface area contributed by atoms with Gasteiger partial charge in [0.1, 0.15) is 11.5 Å². The molecule has 0 saturated heterocycles. The van der Waals surface area contributed by atoms with Crippen LogP contribution in [0.2, 0.25) is 0 Å². The molecule has 1 unspecified atom stereocenters. The smallest absolute Gasteiger partial charge is 0.417 e. The van der Waals surface area contributed by atoms with Gasteiger partial charge in [0.2, 0.25) is 0 Å². The van der Waals surface area contributed by atoms with Crippen LogP contribution in [-0.4, -0.2) is 43.1 Å². The number of methoxy groups -OCH3 is 2. The maximum Gasteiger partial charge on any atom is 0.417 e. The number of hydrogen-bond acceptors (Lipinski definition) is 5. The number of aliphatic hydroxyl groups is 1. The lowest BCUT2D eigenvalue weighted by molar-refractivity contribution is -0.266. The van der Waals surface area contributed by atoms with E-state index in [2.05, 4.69) is 10.3 Å². The molecule has 0 amide bonds. The Morgan fingerprint density at radius 2 is 1.74 bits per heavy atom. The van der Waals surface area contributed by atoms with Crippen molar-refractivity contribution in [2.45, 2.75) is 43.9 Å². The number of aromatic nitrogens is 1. The van der Waals surface area contributed by atoms with Gasteiger partial charge in [-0.3, -0.25) is 4.98 Å². The van der Waals surface area contributed by atoms with E-state index in [0.717, 1.165) is 0 Å². The first-order valence-corrected chi connectivity index (χ1v) is 9.76. The fraction of sp³-hybridized carbons (Fsp3) is 0.435. The predicted octanol–water partition coefficient (Wildman–Crippen LogP) is 4.71. The van der Waals surface area contributed by atoms with Crippen molar-refractivity contribution < 1.29 is 27.8 Å². The number of pyridine rings is 1. The van der Waals surface area contributed by atoms with Crippen molar-refractivity contribution >= 4 is 6.08 Å². The van der Waals surface area contributed by atoms with E-state index in [1.54, 1.807) is 62.6 Å². The summed E-state index contributed by atoms with van der Waals surface area (Å²) in [6.45, 7) is 3.29. The number of rotatable bonds is 9. The fourth-order valence-electron chi connectivity index (χ4n) is 3.62. The Hall–Kier alpha value is -2.74. The molecule has 0 spiro atoms. The van der Waals surface area contributed by atoms with E-state index in [9.17, 15) is 18.3 Å². The molecular formula is C23H29F3N2O3. The van der Waals surface area contributed by atoms with Crippen LogP contribution in [0.1, 0.15) is 37.8 Å². The van der Waals surface area contributed by atoms with Gasteiger partial charge in [-0.15, -0.1) is 0 Å². The summed E-state index contributed by atoms with van der Waals surface area (Å²) in [6.07, 6.45) is -1.41. The molecule has 1 aromatic carbocycles. The van der Waals surface area contributed by atoms with Gasteiger partial charge in [-0.05, 0) is 53.8 Å². The molecule has 0 aliphatic carbocycles. The second kappa shape index (κ2) is 9.60. The Morgan fingerprint density at radius 3 is 2.26 bits per heavy atom. The highest BCUT2D eigenvalue weighted by molar-refractivity contribution is 5.52. The standard InChI is InChI=1S/C23H29F3N2O3/c1-21(2,19-13-18(30-4)6-7-20(19)31-5)15-22(29,23(24,25)26)14-17(27-3)12-16-8-10-28-11-9-16/h6-13,27,29H,14-15H2,1-5H3/b17-12-. The molecule has 170 valence electrons. The van der Waals surface area contributed by atoms with Gasteiger partial charge >= 0.3 is 6.18 Å². The molecule has 0 fully saturated rings. The van der Waals surface area contributed by atoms with Crippen molar-refractivity contribution in [3.63, 3.8) is 0 Å². The number of halogens is 3. The molecule has 0 saturated carbocycles. The molecule has 31 heavy (non-hydrogen) atoms. The normalized spacial score (nSPS) is 14.7. The van der Waals surface area contributed by atoms with Gasteiger partial charge in [0, 0.05) is 37.1 Å². The Morgan fingerprint density at radius 1 is 1.10 bits per heavy atom. The molecular weight excluding hydrogens is 409 g/mol. The number of nitrogens with one attached hydrogen (secondary N) is 1. The first-order chi connectivity index (χ1) is 14.5. The van der Waals surface area contributed by atoms with Crippen molar-refractivity contribution in [2.75, 3.05) is 21.3 Å². The first-order valence-electron chi connectivity index (χ1n) is 9.76. The van der Waals surface area contributed by atoms with Crippen molar-refractivity contribution in [3.8, 4) is 11.5 Å². The zero-order valence-corrected chi connectivity index (χ0v) is 18.4. The Labute approximate surface area is 180 Å². The van der Waals surface area contributed by atoms with Gasteiger partial charge < -0.3 is 19.9 Å². The topological polar surface area (TPSA) is 63.6 Å². The summed E-state index contributed by atoms with van der Waals surface area (Å²) in [5, 5.41) is 13.7. The lowest BCUT2D eigenvalue weighted by atomic mass is 9.73. The minimum Gasteiger partial charge on any atom is -0.497 e. The van der Waals surface area contributed by atoms with Gasteiger partial charge in [-0.1, -0.05) is 13.8 Å². The molecule has 1 atom stereocenters. The molecule has 2 rings (SSSR count). The maximum absolute atomic E-state index is 14.1. The summed E-state index contributed by atoms with van der Waals surface area (Å²) in [5.41, 5.74) is -2.62. The summed E-state index contributed by atoms with van der Waals surface area (Å²) < 4.78 is 53.0. The van der Waals surface area contributed by atoms with Crippen LogP contribution >= 0.6 is 0 Å². The number of hydrogen-bond donors (Lipinski definition) is 2.